The predicted molar refractivity (Wildman–Crippen MR) is 163 cm³/mol. The topological polar surface area (TPSA) is 105 Å². The lowest BCUT2D eigenvalue weighted by atomic mass is 10.1. The van der Waals surface area contributed by atoms with Crippen molar-refractivity contribution in [2.24, 2.45) is 5.92 Å². The first-order valence-corrected chi connectivity index (χ1v) is 14.1. The largest absolute Gasteiger partial charge is 0.490 e. The second kappa shape index (κ2) is 14.0. The summed E-state index contributed by atoms with van der Waals surface area (Å²) in [6.45, 7) is 16.9. The molecule has 0 bridgehead atoms. The molecule has 0 saturated carbocycles. The molecule has 0 aliphatic carbocycles. The van der Waals surface area contributed by atoms with Gasteiger partial charge in [0.15, 0.2) is 0 Å². The van der Waals surface area contributed by atoms with Crippen molar-refractivity contribution in [1.29, 1.82) is 5.26 Å². The molecule has 224 valence electrons. The number of nitriles is 1. The Bertz CT molecular complexity index is 1330. The van der Waals surface area contributed by atoms with Gasteiger partial charge in [-0.15, -0.1) is 0 Å². The minimum absolute atomic E-state index is 0.0736. The van der Waals surface area contributed by atoms with Gasteiger partial charge in [-0.2, -0.15) is 5.26 Å². The Balaban J connectivity index is 1.84. The van der Waals surface area contributed by atoms with E-state index in [9.17, 15) is 14.9 Å². The number of ether oxygens (including phenoxy) is 3. The molecule has 2 aromatic rings. The van der Waals surface area contributed by atoms with Gasteiger partial charge in [0.25, 0.3) is 0 Å². The fourth-order valence-corrected chi connectivity index (χ4v) is 4.45. The van der Waals surface area contributed by atoms with Crippen LogP contribution in [0.4, 0.5) is 9.59 Å². The minimum atomic E-state index is -0.664. The Hall–Kier alpha value is -4.32. The van der Waals surface area contributed by atoms with E-state index in [1.54, 1.807) is 28.1 Å². The van der Waals surface area contributed by atoms with E-state index in [1.165, 1.54) is 6.20 Å². The SMILES string of the molecule is C=CCOc1cc(/C=C/c2cncc(C#N)c2)cc(CN(CC2CCN(C(=O)OC(C)(C)C)C2)C(=O)OC(C)(C)C)c1. The summed E-state index contributed by atoms with van der Waals surface area (Å²) in [5.74, 6) is 0.710. The quantitative estimate of drug-likeness (QED) is 0.308. The van der Waals surface area contributed by atoms with E-state index in [-0.39, 0.29) is 18.6 Å². The van der Waals surface area contributed by atoms with Gasteiger partial charge in [-0.1, -0.05) is 24.8 Å². The van der Waals surface area contributed by atoms with Crippen LogP contribution in [0.25, 0.3) is 12.2 Å². The van der Waals surface area contributed by atoms with Crippen LogP contribution in [-0.4, -0.2) is 64.4 Å². The summed E-state index contributed by atoms with van der Waals surface area (Å²) < 4.78 is 17.2. The van der Waals surface area contributed by atoms with Gasteiger partial charge in [0, 0.05) is 38.6 Å². The molecule has 9 nitrogen and oxygen atoms in total. The molecule has 1 aliphatic rings. The van der Waals surface area contributed by atoms with Gasteiger partial charge in [-0.25, -0.2) is 9.59 Å². The van der Waals surface area contributed by atoms with Gasteiger partial charge in [0.2, 0.25) is 0 Å². The summed E-state index contributed by atoms with van der Waals surface area (Å²) >= 11 is 0. The summed E-state index contributed by atoms with van der Waals surface area (Å²) in [4.78, 5) is 33.5. The fourth-order valence-electron chi connectivity index (χ4n) is 4.45. The molecule has 1 unspecified atom stereocenters. The summed E-state index contributed by atoms with van der Waals surface area (Å²) in [5.41, 5.74) is 1.74. The summed E-state index contributed by atoms with van der Waals surface area (Å²) in [6.07, 6.45) is 8.65. The molecule has 42 heavy (non-hydrogen) atoms. The number of pyridine rings is 1. The van der Waals surface area contributed by atoms with Gasteiger partial charge < -0.3 is 24.0 Å². The molecule has 1 aliphatic heterocycles. The lowest BCUT2D eigenvalue weighted by Gasteiger charge is -2.30. The monoisotopic (exact) mass is 574 g/mol. The molecule has 1 saturated heterocycles. The standard InChI is InChI=1S/C33H42N4O5/c1-8-13-40-29-16-24(9-10-25-15-28(18-34)20-35-19-25)14-27(17-29)23-37(31(39)42-33(5,6)7)22-26-11-12-36(21-26)30(38)41-32(2,3)4/h8-10,14-17,19-20,26H,1,11-13,21-23H2,2-7H3/b10-9+. The van der Waals surface area contributed by atoms with Crippen molar-refractivity contribution >= 4 is 24.3 Å². The first-order chi connectivity index (χ1) is 19.7. The van der Waals surface area contributed by atoms with Crippen molar-refractivity contribution in [3.63, 3.8) is 0 Å². The number of nitrogens with zero attached hydrogens (tertiary/aromatic N) is 4. The average Bonchev–Trinajstić information content (AvgIpc) is 3.37. The lowest BCUT2D eigenvalue weighted by Crippen LogP contribution is -2.40. The zero-order chi connectivity index (χ0) is 30.9. The van der Waals surface area contributed by atoms with Crippen LogP contribution in [0.3, 0.4) is 0 Å². The summed E-state index contributed by atoms with van der Waals surface area (Å²) in [5, 5.41) is 9.18. The minimum Gasteiger partial charge on any atom is -0.490 e. The Kier molecular flexibility index (Phi) is 10.8. The number of hydrogen-bond donors (Lipinski definition) is 0. The van der Waals surface area contributed by atoms with Crippen molar-refractivity contribution in [2.75, 3.05) is 26.2 Å². The van der Waals surface area contributed by atoms with E-state index < -0.39 is 17.3 Å². The molecule has 1 aromatic heterocycles. The molecule has 0 N–H and O–H groups in total. The maximum absolute atomic E-state index is 13.4. The van der Waals surface area contributed by atoms with E-state index in [0.717, 1.165) is 23.1 Å². The third-order valence-corrected chi connectivity index (χ3v) is 6.15. The highest BCUT2D eigenvalue weighted by Crippen LogP contribution is 2.25. The van der Waals surface area contributed by atoms with Crippen molar-refractivity contribution in [2.45, 2.75) is 65.7 Å². The predicted octanol–water partition coefficient (Wildman–Crippen LogP) is 6.68. The molecule has 2 heterocycles. The molecule has 0 radical (unpaired) electrons. The van der Waals surface area contributed by atoms with E-state index >= 15 is 0 Å². The highest BCUT2D eigenvalue weighted by Gasteiger charge is 2.33. The number of rotatable bonds is 9. The van der Waals surface area contributed by atoms with Crippen molar-refractivity contribution in [3.8, 4) is 11.8 Å². The summed E-state index contributed by atoms with van der Waals surface area (Å²) in [6, 6.07) is 9.64. The molecular weight excluding hydrogens is 532 g/mol. The second-order valence-corrected chi connectivity index (χ2v) is 12.4. The van der Waals surface area contributed by atoms with Gasteiger partial charge in [-0.05, 0) is 94.8 Å². The Morgan fingerprint density at radius 3 is 2.45 bits per heavy atom. The maximum Gasteiger partial charge on any atom is 0.410 e. The van der Waals surface area contributed by atoms with Crippen LogP contribution in [-0.2, 0) is 16.0 Å². The molecule has 3 rings (SSSR count). The third kappa shape index (κ3) is 10.6. The van der Waals surface area contributed by atoms with Gasteiger partial charge in [0.05, 0.1) is 5.56 Å². The normalized spacial score (nSPS) is 15.3. The zero-order valence-corrected chi connectivity index (χ0v) is 25.6. The average molecular weight is 575 g/mol. The van der Waals surface area contributed by atoms with Crippen molar-refractivity contribution in [1.82, 2.24) is 14.8 Å². The smallest absolute Gasteiger partial charge is 0.410 e. The Labute approximate surface area is 249 Å². The lowest BCUT2D eigenvalue weighted by molar-refractivity contribution is 0.0196. The summed E-state index contributed by atoms with van der Waals surface area (Å²) in [7, 11) is 0. The first-order valence-electron chi connectivity index (χ1n) is 14.1. The molecule has 1 fully saturated rings. The van der Waals surface area contributed by atoms with Crippen molar-refractivity contribution < 1.29 is 23.8 Å². The second-order valence-electron chi connectivity index (χ2n) is 12.4. The number of likely N-dealkylation sites (tertiary alicyclic amines) is 1. The molecular formula is C33H42N4O5. The Morgan fingerprint density at radius 1 is 1.07 bits per heavy atom. The first kappa shape index (κ1) is 32.2. The van der Waals surface area contributed by atoms with Crippen LogP contribution in [0.15, 0.2) is 49.3 Å². The van der Waals surface area contributed by atoms with E-state index in [4.69, 9.17) is 14.2 Å². The number of carbonyl (C=O) groups excluding carboxylic acids is 2. The van der Waals surface area contributed by atoms with Crippen LogP contribution < -0.4 is 4.74 Å². The molecule has 0 spiro atoms. The van der Waals surface area contributed by atoms with Gasteiger partial charge >= 0.3 is 12.2 Å². The van der Waals surface area contributed by atoms with E-state index in [1.807, 2.05) is 71.9 Å². The van der Waals surface area contributed by atoms with Crippen molar-refractivity contribution in [3.05, 3.63) is 71.6 Å². The molecule has 1 atom stereocenters. The molecule has 1 aromatic carbocycles. The number of carbonyl (C=O) groups is 2. The van der Waals surface area contributed by atoms with Crippen LogP contribution in [0, 0.1) is 17.2 Å². The van der Waals surface area contributed by atoms with Gasteiger partial charge in [-0.3, -0.25) is 4.98 Å². The van der Waals surface area contributed by atoms with Crippen LogP contribution >= 0.6 is 0 Å². The third-order valence-electron chi connectivity index (χ3n) is 6.15. The van der Waals surface area contributed by atoms with Crippen LogP contribution in [0.2, 0.25) is 0 Å². The Morgan fingerprint density at radius 2 is 1.79 bits per heavy atom. The number of aromatic nitrogens is 1. The number of amides is 2. The maximum atomic E-state index is 13.4. The van der Waals surface area contributed by atoms with Crippen LogP contribution in [0.1, 0.15) is 70.2 Å². The highest BCUT2D eigenvalue weighted by atomic mass is 16.6. The van der Waals surface area contributed by atoms with Gasteiger partial charge in [0.1, 0.15) is 29.6 Å². The van der Waals surface area contributed by atoms with E-state index in [0.29, 0.717) is 37.6 Å². The molecule has 2 amide bonds. The number of hydrogen-bond acceptors (Lipinski definition) is 7. The molecule has 9 heteroatoms. The zero-order valence-electron chi connectivity index (χ0n) is 25.6. The van der Waals surface area contributed by atoms with Crippen LogP contribution in [0.5, 0.6) is 5.75 Å². The number of benzene rings is 1. The van der Waals surface area contributed by atoms with E-state index in [2.05, 4.69) is 17.6 Å². The highest BCUT2D eigenvalue weighted by molar-refractivity contribution is 5.72. The fraction of sp³-hybridized carbons (Fsp3) is 0.455.